The monoisotopic (exact) mass is 456 g/mol. The molecule has 0 saturated heterocycles. The lowest BCUT2D eigenvalue weighted by Crippen LogP contribution is -2.33. The van der Waals surface area contributed by atoms with Crippen molar-refractivity contribution in [2.45, 2.75) is 25.7 Å². The third kappa shape index (κ3) is 13.9. The molecule has 11 nitrogen and oxygen atoms in total. The van der Waals surface area contributed by atoms with Gasteiger partial charge in [0.05, 0.1) is 33.0 Å². The highest BCUT2D eigenvalue weighted by Gasteiger charge is 2.22. The van der Waals surface area contributed by atoms with Gasteiger partial charge in [0.15, 0.2) is 0 Å². The van der Waals surface area contributed by atoms with Crippen LogP contribution in [0.4, 0.5) is 0 Å². The van der Waals surface area contributed by atoms with Gasteiger partial charge in [0.2, 0.25) is 11.8 Å². The zero-order valence-corrected chi connectivity index (χ0v) is 18.9. The molecule has 1 aliphatic rings. The first-order chi connectivity index (χ1) is 15.5. The molecule has 1 aliphatic heterocycles. The molecule has 4 amide bonds. The maximum Gasteiger partial charge on any atom is 0.253 e. The zero-order chi connectivity index (χ0) is 23.4. The minimum absolute atomic E-state index is 0.0263. The van der Waals surface area contributed by atoms with Gasteiger partial charge in [-0.15, -0.1) is 0 Å². The number of nitrogens with zero attached hydrogens (tertiary/aromatic N) is 1. The Morgan fingerprint density at radius 1 is 0.781 bits per heavy atom. The number of likely N-dealkylation sites (N-methyl/N-ethyl adjacent to an activating group) is 1. The summed E-state index contributed by atoms with van der Waals surface area (Å²) in [5.41, 5.74) is 0. The minimum Gasteiger partial charge on any atom is -0.379 e. The summed E-state index contributed by atoms with van der Waals surface area (Å²) in [4.78, 5) is 46.9. The number of nitrogens with one attached hydrogen (secondary N) is 3. The first-order valence-electron chi connectivity index (χ1n) is 11.0. The second-order valence-corrected chi connectivity index (χ2v) is 7.04. The number of hydrogen-bond acceptors (Lipinski definition) is 8. The fraction of sp³-hybridized carbons (Fsp3) is 0.714. The van der Waals surface area contributed by atoms with Crippen molar-refractivity contribution in [2.75, 3.05) is 72.9 Å². The predicted octanol–water partition coefficient (Wildman–Crippen LogP) is -1.03. The minimum atomic E-state index is -0.327. The van der Waals surface area contributed by atoms with Crippen molar-refractivity contribution in [3.05, 3.63) is 12.2 Å². The van der Waals surface area contributed by atoms with Crippen LogP contribution in [0, 0.1) is 0 Å². The van der Waals surface area contributed by atoms with Crippen molar-refractivity contribution >= 4 is 23.6 Å². The van der Waals surface area contributed by atoms with Crippen molar-refractivity contribution in [1.29, 1.82) is 0 Å². The molecule has 1 rings (SSSR count). The van der Waals surface area contributed by atoms with Crippen LogP contribution in [0.25, 0.3) is 0 Å². The van der Waals surface area contributed by atoms with E-state index < -0.39 is 0 Å². The molecular formula is C21H36N4O7. The zero-order valence-electron chi connectivity index (χ0n) is 18.9. The molecule has 0 aromatic carbocycles. The Morgan fingerprint density at radius 3 is 1.81 bits per heavy atom. The van der Waals surface area contributed by atoms with Crippen molar-refractivity contribution in [2.24, 2.45) is 0 Å². The fourth-order valence-corrected chi connectivity index (χ4v) is 2.71. The van der Waals surface area contributed by atoms with E-state index >= 15 is 0 Å². The number of carbonyl (C=O) groups excluding carboxylic acids is 4. The van der Waals surface area contributed by atoms with Crippen molar-refractivity contribution in [3.63, 3.8) is 0 Å². The van der Waals surface area contributed by atoms with Crippen molar-refractivity contribution < 1.29 is 33.4 Å². The van der Waals surface area contributed by atoms with E-state index in [2.05, 4.69) is 16.0 Å². The second kappa shape index (κ2) is 18.3. The van der Waals surface area contributed by atoms with Gasteiger partial charge in [-0.2, -0.15) is 0 Å². The van der Waals surface area contributed by atoms with E-state index in [0.29, 0.717) is 72.1 Å². The number of amides is 4. The van der Waals surface area contributed by atoms with Crippen LogP contribution < -0.4 is 16.0 Å². The van der Waals surface area contributed by atoms with Crippen LogP contribution in [0.1, 0.15) is 25.7 Å². The van der Waals surface area contributed by atoms with Crippen LogP contribution in [0.2, 0.25) is 0 Å². The third-order valence-electron chi connectivity index (χ3n) is 4.34. The maximum absolute atomic E-state index is 11.7. The van der Waals surface area contributed by atoms with E-state index in [1.807, 2.05) is 0 Å². The van der Waals surface area contributed by atoms with Crippen LogP contribution in [0.15, 0.2) is 12.2 Å². The lowest BCUT2D eigenvalue weighted by atomic mass is 10.2. The Labute approximate surface area is 189 Å². The number of hydrogen-bond donors (Lipinski definition) is 3. The quantitative estimate of drug-likeness (QED) is 0.156. The smallest absolute Gasteiger partial charge is 0.253 e. The largest absolute Gasteiger partial charge is 0.379 e. The molecule has 182 valence electrons. The van der Waals surface area contributed by atoms with E-state index in [0.717, 1.165) is 11.3 Å². The SMILES string of the molecule is CNCC(=O)NCCCOCCOCCOCCCNC(=O)CCCN1C(=O)C=CC1=O. The Hall–Kier alpha value is -2.34. The topological polar surface area (TPSA) is 135 Å². The molecule has 0 aromatic heterocycles. The van der Waals surface area contributed by atoms with Gasteiger partial charge in [-0.1, -0.05) is 0 Å². The normalized spacial score (nSPS) is 13.1. The van der Waals surface area contributed by atoms with Crippen LogP contribution in [0.3, 0.4) is 0 Å². The maximum atomic E-state index is 11.7. The van der Waals surface area contributed by atoms with Gasteiger partial charge in [0.25, 0.3) is 11.8 Å². The molecule has 11 heteroatoms. The summed E-state index contributed by atoms with van der Waals surface area (Å²) in [6, 6.07) is 0. The number of carbonyl (C=O) groups is 4. The first kappa shape index (κ1) is 27.7. The van der Waals surface area contributed by atoms with Crippen LogP contribution >= 0.6 is 0 Å². The lowest BCUT2D eigenvalue weighted by Gasteiger charge is -2.13. The van der Waals surface area contributed by atoms with Gasteiger partial charge in [-0.3, -0.25) is 24.1 Å². The Kier molecular flexibility index (Phi) is 15.8. The lowest BCUT2D eigenvalue weighted by molar-refractivity contribution is -0.137. The molecule has 0 spiro atoms. The van der Waals surface area contributed by atoms with Crippen LogP contribution in [-0.4, -0.2) is 101 Å². The first-order valence-corrected chi connectivity index (χ1v) is 11.0. The highest BCUT2D eigenvalue weighted by molar-refractivity contribution is 6.12. The summed E-state index contributed by atoms with van der Waals surface area (Å²) >= 11 is 0. The highest BCUT2D eigenvalue weighted by Crippen LogP contribution is 2.05. The molecule has 0 fully saturated rings. The van der Waals surface area contributed by atoms with Crippen LogP contribution in [-0.2, 0) is 33.4 Å². The molecule has 0 saturated carbocycles. The summed E-state index contributed by atoms with van der Waals surface area (Å²) in [5.74, 6) is -0.791. The number of ether oxygens (including phenoxy) is 3. The van der Waals surface area contributed by atoms with Gasteiger partial charge >= 0.3 is 0 Å². The van der Waals surface area contributed by atoms with Crippen LogP contribution in [0.5, 0.6) is 0 Å². The van der Waals surface area contributed by atoms with Gasteiger partial charge in [0.1, 0.15) is 0 Å². The highest BCUT2D eigenvalue weighted by atomic mass is 16.5. The summed E-state index contributed by atoms with van der Waals surface area (Å²) in [6.07, 6.45) is 4.62. The van der Waals surface area contributed by atoms with E-state index in [9.17, 15) is 19.2 Å². The van der Waals surface area contributed by atoms with Gasteiger partial charge in [0, 0.05) is 51.4 Å². The van der Waals surface area contributed by atoms with Gasteiger partial charge in [-0.25, -0.2) is 0 Å². The Balaban J connectivity index is 1.78. The molecule has 0 atom stereocenters. The molecule has 0 bridgehead atoms. The summed E-state index contributed by atoms with van der Waals surface area (Å²) in [5, 5.41) is 8.34. The molecule has 1 heterocycles. The Morgan fingerprint density at radius 2 is 1.28 bits per heavy atom. The van der Waals surface area contributed by atoms with E-state index in [4.69, 9.17) is 14.2 Å². The fourth-order valence-electron chi connectivity index (χ4n) is 2.71. The standard InChI is InChI=1S/C21H36N4O7/c1-22-17-19(27)24-9-4-12-31-14-16-32-15-13-30-11-3-8-23-18(26)5-2-10-25-20(28)6-7-21(25)29/h6-7,22H,2-5,8-17H2,1H3,(H,23,26)(H,24,27). The molecule has 0 aromatic rings. The summed E-state index contributed by atoms with van der Waals surface area (Å²) in [6.45, 7) is 4.66. The predicted molar refractivity (Wildman–Crippen MR) is 117 cm³/mol. The molecule has 0 radical (unpaired) electrons. The van der Waals surface area contributed by atoms with E-state index in [1.54, 1.807) is 7.05 Å². The molecule has 0 unspecified atom stereocenters. The average Bonchev–Trinajstić information content (AvgIpc) is 3.08. The van der Waals surface area contributed by atoms with Crippen molar-refractivity contribution in [3.8, 4) is 0 Å². The van der Waals surface area contributed by atoms with Crippen molar-refractivity contribution in [1.82, 2.24) is 20.9 Å². The molecule has 3 N–H and O–H groups in total. The third-order valence-corrected chi connectivity index (χ3v) is 4.34. The van der Waals surface area contributed by atoms with Gasteiger partial charge in [-0.05, 0) is 26.3 Å². The molecule has 32 heavy (non-hydrogen) atoms. The number of imide groups is 1. The number of rotatable bonds is 20. The molecule has 0 aliphatic carbocycles. The van der Waals surface area contributed by atoms with E-state index in [-0.39, 0.29) is 36.6 Å². The summed E-state index contributed by atoms with van der Waals surface area (Å²) in [7, 11) is 1.73. The summed E-state index contributed by atoms with van der Waals surface area (Å²) < 4.78 is 16.3. The second-order valence-electron chi connectivity index (χ2n) is 7.04. The van der Waals surface area contributed by atoms with Gasteiger partial charge < -0.3 is 30.2 Å². The Bertz CT molecular complexity index is 595. The average molecular weight is 457 g/mol. The molecular weight excluding hydrogens is 420 g/mol. The van der Waals surface area contributed by atoms with E-state index in [1.165, 1.54) is 12.2 Å².